The molecule has 0 aliphatic carbocycles. The van der Waals surface area contributed by atoms with Crippen LogP contribution in [0.25, 0.3) is 0 Å². The van der Waals surface area contributed by atoms with Gasteiger partial charge in [0, 0.05) is 40.0 Å². The van der Waals surface area contributed by atoms with Crippen molar-refractivity contribution in [3.63, 3.8) is 0 Å². The smallest absolute Gasteiger partial charge is 0.257 e. The van der Waals surface area contributed by atoms with Gasteiger partial charge in [-0.1, -0.05) is 0 Å². The number of nitrogens with zero attached hydrogens (tertiary/aromatic N) is 4. The number of carbonyl (C=O) groups is 2. The number of hydrogen-bond donors (Lipinski definition) is 1. The van der Waals surface area contributed by atoms with E-state index in [-0.39, 0.29) is 24.5 Å². The van der Waals surface area contributed by atoms with Crippen molar-refractivity contribution in [1.29, 1.82) is 0 Å². The molecule has 1 unspecified atom stereocenters. The van der Waals surface area contributed by atoms with Crippen LogP contribution in [0, 0.1) is 0 Å². The van der Waals surface area contributed by atoms with E-state index in [1.165, 1.54) is 6.92 Å². The van der Waals surface area contributed by atoms with Gasteiger partial charge in [-0.15, -0.1) is 0 Å². The third-order valence-electron chi connectivity index (χ3n) is 3.57. The average Bonchev–Trinajstić information content (AvgIpc) is 2.53. The Morgan fingerprint density at radius 3 is 2.83 bits per heavy atom. The monoisotopic (exact) mass is 321 g/mol. The second-order valence-electron chi connectivity index (χ2n) is 5.71. The summed E-state index contributed by atoms with van der Waals surface area (Å²) in [6.45, 7) is 2.59. The normalized spacial score (nSPS) is 17.5. The number of anilines is 1. The van der Waals surface area contributed by atoms with Crippen LogP contribution in [0.4, 0.5) is 5.82 Å². The summed E-state index contributed by atoms with van der Waals surface area (Å²) in [6, 6.07) is 0. The van der Waals surface area contributed by atoms with Gasteiger partial charge in [-0.2, -0.15) is 0 Å². The second-order valence-corrected chi connectivity index (χ2v) is 5.71. The van der Waals surface area contributed by atoms with Crippen LogP contribution in [0.5, 0.6) is 5.88 Å². The van der Waals surface area contributed by atoms with Crippen molar-refractivity contribution in [3.05, 3.63) is 12.4 Å². The molecule has 1 fully saturated rings. The summed E-state index contributed by atoms with van der Waals surface area (Å²) >= 11 is 0. The van der Waals surface area contributed by atoms with Gasteiger partial charge in [0.2, 0.25) is 11.8 Å². The minimum Gasteiger partial charge on any atom is -0.470 e. The number of likely N-dealkylation sites (tertiary alicyclic amines) is 1. The van der Waals surface area contributed by atoms with Crippen molar-refractivity contribution in [3.8, 4) is 5.88 Å². The average molecular weight is 321 g/mol. The van der Waals surface area contributed by atoms with Crippen LogP contribution in [0.3, 0.4) is 0 Å². The van der Waals surface area contributed by atoms with Crippen LogP contribution >= 0.6 is 0 Å². The molecule has 8 nitrogen and oxygen atoms in total. The first kappa shape index (κ1) is 17.0. The van der Waals surface area contributed by atoms with Gasteiger partial charge in [-0.25, -0.2) is 9.97 Å². The van der Waals surface area contributed by atoms with Crippen molar-refractivity contribution in [2.45, 2.75) is 25.9 Å². The Morgan fingerprint density at radius 2 is 2.13 bits per heavy atom. The van der Waals surface area contributed by atoms with Gasteiger partial charge < -0.3 is 19.9 Å². The standard InChI is InChI=1S/C15H23N5O3/c1-11(21)18-9-13(22)20-8-4-5-12(10-20)23-15-14(19(2)3)16-6-7-17-15/h6-7,12H,4-5,8-10H2,1-3H3,(H,18,21). The highest BCUT2D eigenvalue weighted by atomic mass is 16.5. The molecule has 1 aliphatic heterocycles. The maximum atomic E-state index is 12.1. The fraction of sp³-hybridized carbons (Fsp3) is 0.600. The molecule has 1 N–H and O–H groups in total. The third kappa shape index (κ3) is 4.80. The molecule has 126 valence electrons. The highest BCUT2D eigenvalue weighted by Gasteiger charge is 2.26. The number of nitrogens with one attached hydrogen (secondary N) is 1. The van der Waals surface area contributed by atoms with E-state index < -0.39 is 0 Å². The fourth-order valence-electron chi connectivity index (χ4n) is 2.44. The molecule has 2 rings (SSSR count). The first-order valence-electron chi connectivity index (χ1n) is 7.64. The SMILES string of the molecule is CC(=O)NCC(=O)N1CCCC(Oc2nccnc2N(C)C)C1. The summed E-state index contributed by atoms with van der Waals surface area (Å²) in [4.78, 5) is 35.1. The fourth-order valence-corrected chi connectivity index (χ4v) is 2.44. The molecule has 0 bridgehead atoms. The maximum Gasteiger partial charge on any atom is 0.257 e. The molecular formula is C15H23N5O3. The van der Waals surface area contributed by atoms with Crippen molar-refractivity contribution < 1.29 is 14.3 Å². The van der Waals surface area contributed by atoms with Gasteiger partial charge in [-0.05, 0) is 12.8 Å². The molecule has 1 aromatic rings. The Hall–Kier alpha value is -2.38. The van der Waals surface area contributed by atoms with E-state index in [0.29, 0.717) is 24.8 Å². The van der Waals surface area contributed by atoms with Crippen LogP contribution < -0.4 is 15.0 Å². The van der Waals surface area contributed by atoms with Gasteiger partial charge in [-0.3, -0.25) is 9.59 Å². The number of rotatable bonds is 5. The lowest BCUT2D eigenvalue weighted by Crippen LogP contribution is -2.47. The van der Waals surface area contributed by atoms with Crippen molar-refractivity contribution >= 4 is 17.6 Å². The molecule has 1 aliphatic rings. The molecule has 1 atom stereocenters. The van der Waals surface area contributed by atoms with E-state index in [0.717, 1.165) is 12.8 Å². The molecule has 1 saturated heterocycles. The van der Waals surface area contributed by atoms with E-state index >= 15 is 0 Å². The number of piperidine rings is 1. The summed E-state index contributed by atoms with van der Waals surface area (Å²) in [5.74, 6) is 0.826. The summed E-state index contributed by atoms with van der Waals surface area (Å²) < 4.78 is 5.96. The van der Waals surface area contributed by atoms with Crippen LogP contribution in [0.2, 0.25) is 0 Å². The van der Waals surface area contributed by atoms with Crippen molar-refractivity contribution in [2.24, 2.45) is 0 Å². The number of ether oxygens (including phenoxy) is 1. The summed E-state index contributed by atoms with van der Waals surface area (Å²) in [6.07, 6.45) is 4.79. The Balaban J connectivity index is 1.96. The number of amides is 2. The largest absolute Gasteiger partial charge is 0.470 e. The Labute approximate surface area is 135 Å². The molecule has 23 heavy (non-hydrogen) atoms. The predicted molar refractivity (Wildman–Crippen MR) is 85.3 cm³/mol. The van der Waals surface area contributed by atoms with Crippen LogP contribution in [-0.4, -0.2) is 66.5 Å². The lowest BCUT2D eigenvalue weighted by atomic mass is 10.1. The number of aromatic nitrogens is 2. The zero-order valence-corrected chi connectivity index (χ0v) is 13.8. The quantitative estimate of drug-likeness (QED) is 0.824. The van der Waals surface area contributed by atoms with E-state index in [9.17, 15) is 9.59 Å². The zero-order valence-electron chi connectivity index (χ0n) is 13.8. The minimum atomic E-state index is -0.210. The number of carbonyl (C=O) groups excluding carboxylic acids is 2. The van der Waals surface area contributed by atoms with Crippen LogP contribution in [0.1, 0.15) is 19.8 Å². The van der Waals surface area contributed by atoms with Gasteiger partial charge in [0.05, 0.1) is 13.1 Å². The molecule has 8 heteroatoms. The van der Waals surface area contributed by atoms with Crippen LogP contribution in [0.15, 0.2) is 12.4 Å². The number of hydrogen-bond acceptors (Lipinski definition) is 6. The van der Waals surface area contributed by atoms with E-state index in [1.807, 2.05) is 19.0 Å². The van der Waals surface area contributed by atoms with Crippen molar-refractivity contribution in [2.75, 3.05) is 38.6 Å². The highest BCUT2D eigenvalue weighted by molar-refractivity contribution is 5.83. The Morgan fingerprint density at radius 1 is 1.39 bits per heavy atom. The Bertz CT molecular complexity index is 564. The molecule has 0 saturated carbocycles. The lowest BCUT2D eigenvalue weighted by molar-refractivity contribution is -0.134. The minimum absolute atomic E-state index is 0.0240. The molecule has 0 spiro atoms. The third-order valence-corrected chi connectivity index (χ3v) is 3.57. The van der Waals surface area contributed by atoms with Gasteiger partial charge in [0.1, 0.15) is 6.10 Å². The molecular weight excluding hydrogens is 298 g/mol. The molecule has 2 amide bonds. The molecule has 2 heterocycles. The first-order chi connectivity index (χ1) is 11.0. The van der Waals surface area contributed by atoms with Gasteiger partial charge in [0.25, 0.3) is 5.88 Å². The zero-order chi connectivity index (χ0) is 16.8. The summed E-state index contributed by atoms with van der Waals surface area (Å²) in [5.41, 5.74) is 0. The maximum absolute atomic E-state index is 12.1. The van der Waals surface area contributed by atoms with Crippen molar-refractivity contribution in [1.82, 2.24) is 20.2 Å². The molecule has 0 aromatic carbocycles. The first-order valence-corrected chi connectivity index (χ1v) is 7.64. The lowest BCUT2D eigenvalue weighted by Gasteiger charge is -2.33. The van der Waals surface area contributed by atoms with E-state index in [4.69, 9.17) is 4.74 Å². The molecule has 1 aromatic heterocycles. The van der Waals surface area contributed by atoms with Crippen LogP contribution in [-0.2, 0) is 9.59 Å². The predicted octanol–water partition coefficient (Wildman–Crippen LogP) is 0.0485. The van der Waals surface area contributed by atoms with E-state index in [2.05, 4.69) is 15.3 Å². The Kier molecular flexibility index (Phi) is 5.72. The molecule has 0 radical (unpaired) electrons. The highest BCUT2D eigenvalue weighted by Crippen LogP contribution is 2.24. The summed E-state index contributed by atoms with van der Waals surface area (Å²) in [5, 5.41) is 2.53. The topological polar surface area (TPSA) is 87.7 Å². The summed E-state index contributed by atoms with van der Waals surface area (Å²) in [7, 11) is 3.75. The van der Waals surface area contributed by atoms with Gasteiger partial charge >= 0.3 is 0 Å². The van der Waals surface area contributed by atoms with E-state index in [1.54, 1.807) is 17.3 Å². The second kappa shape index (κ2) is 7.75. The van der Waals surface area contributed by atoms with Gasteiger partial charge in [0.15, 0.2) is 5.82 Å².